The van der Waals surface area contributed by atoms with E-state index in [2.05, 4.69) is 21.2 Å². The van der Waals surface area contributed by atoms with Gasteiger partial charge in [0, 0.05) is 14.9 Å². The highest BCUT2D eigenvalue weighted by Gasteiger charge is 2.23. The average Bonchev–Trinajstić information content (AvgIpc) is 2.93. The molecule has 2 amide bonds. The summed E-state index contributed by atoms with van der Waals surface area (Å²) in [6.07, 6.45) is 0. The number of primary amides is 1. The van der Waals surface area contributed by atoms with Crippen molar-refractivity contribution < 1.29 is 14.0 Å². The third-order valence-corrected chi connectivity index (χ3v) is 5.51. The minimum absolute atomic E-state index is 0.132. The Morgan fingerprint density at radius 3 is 2.50 bits per heavy atom. The Morgan fingerprint density at radius 1 is 1.15 bits per heavy atom. The van der Waals surface area contributed by atoms with E-state index in [4.69, 9.17) is 5.73 Å². The first-order valence-electron chi connectivity index (χ1n) is 7.63. The van der Waals surface area contributed by atoms with Crippen LogP contribution < -0.4 is 11.1 Å². The zero-order chi connectivity index (χ0) is 18.8. The number of hydrogen-bond acceptors (Lipinski definition) is 3. The van der Waals surface area contributed by atoms with Crippen molar-refractivity contribution >= 4 is 44.1 Å². The highest BCUT2D eigenvalue weighted by molar-refractivity contribution is 9.10. The quantitative estimate of drug-likeness (QED) is 0.610. The number of anilines is 1. The lowest BCUT2D eigenvalue weighted by Gasteiger charge is -2.08. The van der Waals surface area contributed by atoms with E-state index in [1.165, 1.54) is 23.5 Å². The molecule has 0 saturated heterocycles. The maximum Gasteiger partial charge on any atom is 0.257 e. The van der Waals surface area contributed by atoms with Crippen molar-refractivity contribution in [1.29, 1.82) is 0 Å². The fraction of sp³-hybridized carbons (Fsp3) is 0.0526. The first-order chi connectivity index (χ1) is 12.4. The van der Waals surface area contributed by atoms with Crippen LogP contribution in [0.1, 0.15) is 25.6 Å². The number of carbonyl (C=O) groups excluding carboxylic acids is 2. The van der Waals surface area contributed by atoms with Gasteiger partial charge in [-0.15, -0.1) is 11.3 Å². The fourth-order valence-corrected chi connectivity index (χ4v) is 4.17. The van der Waals surface area contributed by atoms with Gasteiger partial charge in [0.2, 0.25) is 0 Å². The van der Waals surface area contributed by atoms with Crippen LogP contribution in [0.15, 0.2) is 53.0 Å². The normalized spacial score (nSPS) is 10.6. The minimum atomic E-state index is -0.637. The second-order valence-electron chi connectivity index (χ2n) is 5.55. The monoisotopic (exact) mass is 432 g/mol. The largest absolute Gasteiger partial charge is 0.365 e. The summed E-state index contributed by atoms with van der Waals surface area (Å²) in [7, 11) is 0. The first kappa shape index (κ1) is 18.3. The van der Waals surface area contributed by atoms with Gasteiger partial charge in [-0.3, -0.25) is 9.59 Å². The minimum Gasteiger partial charge on any atom is -0.365 e. The molecule has 3 aromatic rings. The van der Waals surface area contributed by atoms with Crippen LogP contribution in [0.5, 0.6) is 0 Å². The second kappa shape index (κ2) is 7.39. The molecule has 0 aliphatic carbocycles. The van der Waals surface area contributed by atoms with E-state index in [0.717, 1.165) is 16.5 Å². The number of nitrogens with two attached hydrogens (primary N) is 1. The number of aryl methyl sites for hydroxylation is 1. The number of benzene rings is 2. The van der Waals surface area contributed by atoms with E-state index in [9.17, 15) is 14.0 Å². The Labute approximate surface area is 162 Å². The molecule has 4 nitrogen and oxygen atoms in total. The van der Waals surface area contributed by atoms with Gasteiger partial charge >= 0.3 is 0 Å². The molecule has 0 spiro atoms. The number of nitrogens with one attached hydrogen (secondary N) is 1. The number of halogens is 2. The zero-order valence-electron chi connectivity index (χ0n) is 13.7. The summed E-state index contributed by atoms with van der Waals surface area (Å²) in [6, 6.07) is 13.2. The fourth-order valence-electron chi connectivity index (χ4n) is 2.66. The predicted molar refractivity (Wildman–Crippen MR) is 105 cm³/mol. The number of thiophene rings is 1. The third kappa shape index (κ3) is 3.54. The molecule has 3 rings (SSSR count). The summed E-state index contributed by atoms with van der Waals surface area (Å²) in [5.41, 5.74) is 7.49. The van der Waals surface area contributed by atoms with Crippen LogP contribution in [0.4, 0.5) is 9.39 Å². The smallest absolute Gasteiger partial charge is 0.257 e. The Bertz CT molecular complexity index is 1000. The highest BCUT2D eigenvalue weighted by atomic mass is 79.9. The van der Waals surface area contributed by atoms with Crippen LogP contribution in [-0.4, -0.2) is 11.8 Å². The van der Waals surface area contributed by atoms with Crippen molar-refractivity contribution in [3.63, 3.8) is 0 Å². The number of rotatable bonds is 4. The van der Waals surface area contributed by atoms with Crippen molar-refractivity contribution in [2.24, 2.45) is 5.73 Å². The van der Waals surface area contributed by atoms with Crippen LogP contribution >= 0.6 is 27.3 Å². The molecule has 3 N–H and O–H groups in total. The van der Waals surface area contributed by atoms with E-state index >= 15 is 0 Å². The number of carbonyl (C=O) groups is 2. The van der Waals surface area contributed by atoms with Gasteiger partial charge in [0.05, 0.1) is 11.1 Å². The molecule has 0 aliphatic rings. The maximum atomic E-state index is 13.5. The molecule has 2 aromatic carbocycles. The van der Waals surface area contributed by atoms with E-state index < -0.39 is 17.6 Å². The van der Waals surface area contributed by atoms with Gasteiger partial charge in [-0.25, -0.2) is 4.39 Å². The molecule has 132 valence electrons. The summed E-state index contributed by atoms with van der Waals surface area (Å²) in [6.45, 7) is 1.85. The lowest BCUT2D eigenvalue weighted by molar-refractivity contribution is 0.100. The van der Waals surface area contributed by atoms with Crippen LogP contribution in [0.3, 0.4) is 0 Å². The molecule has 0 unspecified atom stereocenters. The second-order valence-corrected chi connectivity index (χ2v) is 7.63. The predicted octanol–water partition coefficient (Wildman–Crippen LogP) is 4.98. The van der Waals surface area contributed by atoms with Crippen LogP contribution in [0, 0.1) is 12.7 Å². The van der Waals surface area contributed by atoms with Crippen molar-refractivity contribution in [1.82, 2.24) is 0 Å². The molecule has 0 radical (unpaired) electrons. The van der Waals surface area contributed by atoms with E-state index in [-0.39, 0.29) is 11.1 Å². The van der Waals surface area contributed by atoms with Gasteiger partial charge in [0.1, 0.15) is 10.8 Å². The van der Waals surface area contributed by atoms with Gasteiger partial charge in [-0.1, -0.05) is 30.3 Å². The van der Waals surface area contributed by atoms with Gasteiger partial charge in [0.25, 0.3) is 11.8 Å². The summed E-state index contributed by atoms with van der Waals surface area (Å²) < 4.78 is 13.9. The molecular formula is C19H14BrFN2O2S. The van der Waals surface area contributed by atoms with Crippen LogP contribution in [-0.2, 0) is 0 Å². The van der Waals surface area contributed by atoms with E-state index in [1.54, 1.807) is 0 Å². The molecular weight excluding hydrogens is 419 g/mol. The van der Waals surface area contributed by atoms with Gasteiger partial charge < -0.3 is 11.1 Å². The highest BCUT2D eigenvalue weighted by Crippen LogP contribution is 2.39. The topological polar surface area (TPSA) is 72.2 Å². The summed E-state index contributed by atoms with van der Waals surface area (Å²) in [4.78, 5) is 25.5. The van der Waals surface area contributed by atoms with Crippen molar-refractivity contribution in [2.75, 3.05) is 5.32 Å². The molecule has 1 aromatic heterocycles. The van der Waals surface area contributed by atoms with Crippen molar-refractivity contribution in [3.8, 4) is 11.1 Å². The van der Waals surface area contributed by atoms with E-state index in [1.807, 2.05) is 37.3 Å². The van der Waals surface area contributed by atoms with Crippen molar-refractivity contribution in [2.45, 2.75) is 6.92 Å². The Hall–Kier alpha value is -2.51. The summed E-state index contributed by atoms with van der Waals surface area (Å²) in [5.74, 6) is -1.69. The molecule has 0 atom stereocenters. The lowest BCUT2D eigenvalue weighted by atomic mass is 10.0. The lowest BCUT2D eigenvalue weighted by Crippen LogP contribution is -2.17. The molecule has 1 heterocycles. The Kier molecular flexibility index (Phi) is 5.20. The Balaban J connectivity index is 2.05. The van der Waals surface area contributed by atoms with Crippen LogP contribution in [0.2, 0.25) is 0 Å². The summed E-state index contributed by atoms with van der Waals surface area (Å²) in [5, 5.41) is 3.03. The van der Waals surface area contributed by atoms with Crippen LogP contribution in [0.25, 0.3) is 11.1 Å². The molecule has 0 aliphatic heterocycles. The molecule has 7 heteroatoms. The van der Waals surface area contributed by atoms with Gasteiger partial charge in [-0.05, 0) is 46.6 Å². The molecule has 0 saturated carbocycles. The zero-order valence-corrected chi connectivity index (χ0v) is 16.1. The summed E-state index contributed by atoms with van der Waals surface area (Å²) >= 11 is 4.49. The number of amides is 2. The SMILES string of the molecule is Cc1sc(NC(=O)c2cc(F)ccc2Br)c(C(N)=O)c1-c1ccccc1. The van der Waals surface area contributed by atoms with E-state index in [0.29, 0.717) is 15.0 Å². The van der Waals surface area contributed by atoms with Gasteiger partial charge in [-0.2, -0.15) is 0 Å². The third-order valence-electron chi connectivity index (χ3n) is 3.79. The Morgan fingerprint density at radius 2 is 1.85 bits per heavy atom. The van der Waals surface area contributed by atoms with Crippen molar-refractivity contribution in [3.05, 3.63) is 74.8 Å². The first-order valence-corrected chi connectivity index (χ1v) is 9.24. The molecule has 26 heavy (non-hydrogen) atoms. The van der Waals surface area contributed by atoms with Gasteiger partial charge in [0.15, 0.2) is 0 Å². The standard InChI is InChI=1S/C19H14BrFN2O2S/c1-10-15(11-5-3-2-4-6-11)16(17(22)24)19(26-10)23-18(25)13-9-12(21)7-8-14(13)20/h2-9H,1H3,(H2,22,24)(H,23,25). The number of hydrogen-bond donors (Lipinski definition) is 2. The maximum absolute atomic E-state index is 13.5. The molecule has 0 fully saturated rings. The average molecular weight is 433 g/mol. The molecule has 0 bridgehead atoms.